The van der Waals surface area contributed by atoms with Gasteiger partial charge >= 0.3 is 11.9 Å². The van der Waals surface area contributed by atoms with Gasteiger partial charge in [-0.15, -0.1) is 0 Å². The number of carbonyl (C=O) groups is 1. The highest BCUT2D eigenvalue weighted by molar-refractivity contribution is 5.65. The molecule has 0 unspecified atom stereocenters. The van der Waals surface area contributed by atoms with Gasteiger partial charge in [-0.2, -0.15) is 8.78 Å². The molecule has 0 aromatic heterocycles. The lowest BCUT2D eigenvalue weighted by Crippen LogP contribution is -2.03. The first-order valence-corrected chi connectivity index (χ1v) is 7.43. The van der Waals surface area contributed by atoms with E-state index in [4.69, 9.17) is 4.74 Å². The zero-order valence-corrected chi connectivity index (χ0v) is 12.6. The molecule has 0 saturated carbocycles. The first-order chi connectivity index (χ1) is 9.42. The van der Waals surface area contributed by atoms with Gasteiger partial charge in [0.05, 0.1) is 6.61 Å². The van der Waals surface area contributed by atoms with Crippen LogP contribution < -0.4 is 0 Å². The molecule has 0 fully saturated rings. The molecule has 0 aromatic carbocycles. The van der Waals surface area contributed by atoms with E-state index < -0.39 is 5.92 Å². The van der Waals surface area contributed by atoms with Crippen molar-refractivity contribution in [3.8, 4) is 11.8 Å². The van der Waals surface area contributed by atoms with Crippen LogP contribution in [0.1, 0.15) is 71.6 Å². The number of ether oxygens (including phenoxy) is 1. The summed E-state index contributed by atoms with van der Waals surface area (Å²) in [4.78, 5) is 10.5. The number of alkyl halides is 2. The lowest BCUT2D eigenvalue weighted by Gasteiger charge is -2.02. The molecular weight excluding hydrogens is 262 g/mol. The maximum atomic E-state index is 12.4. The topological polar surface area (TPSA) is 26.3 Å². The van der Waals surface area contributed by atoms with Crippen LogP contribution in [-0.4, -0.2) is 18.5 Å². The smallest absolute Gasteiger partial charge is 0.305 e. The fourth-order valence-electron chi connectivity index (χ4n) is 1.81. The molecule has 0 aliphatic rings. The largest absolute Gasteiger partial charge is 0.466 e. The first-order valence-electron chi connectivity index (χ1n) is 7.43. The standard InChI is InChI=1S/C16H26F2O2/c1-15(19)20-14-12-10-8-6-4-3-5-7-9-11-13-16(2,17)18/h3-10,12,14H2,1-2H3. The third-order valence-corrected chi connectivity index (χ3v) is 2.81. The second-order valence-corrected chi connectivity index (χ2v) is 5.11. The van der Waals surface area contributed by atoms with Crippen molar-refractivity contribution >= 4 is 5.97 Å². The van der Waals surface area contributed by atoms with E-state index in [2.05, 4.69) is 5.92 Å². The summed E-state index contributed by atoms with van der Waals surface area (Å²) < 4.78 is 29.6. The van der Waals surface area contributed by atoms with Crippen LogP contribution in [0.5, 0.6) is 0 Å². The maximum Gasteiger partial charge on any atom is 0.305 e. The molecule has 0 spiro atoms. The summed E-state index contributed by atoms with van der Waals surface area (Å²) in [5.41, 5.74) is 0. The second kappa shape index (κ2) is 11.7. The number of rotatable bonds is 10. The van der Waals surface area contributed by atoms with Crippen molar-refractivity contribution in [1.82, 2.24) is 0 Å². The normalized spacial score (nSPS) is 10.8. The summed E-state index contributed by atoms with van der Waals surface area (Å²) in [6.07, 6.45) is 9.17. The third kappa shape index (κ3) is 16.9. The van der Waals surface area contributed by atoms with Gasteiger partial charge in [0, 0.05) is 20.3 Å². The molecule has 0 N–H and O–H groups in total. The van der Waals surface area contributed by atoms with Gasteiger partial charge in [0.1, 0.15) is 0 Å². The molecule has 0 amide bonds. The summed E-state index contributed by atoms with van der Waals surface area (Å²) in [5, 5.41) is 0. The van der Waals surface area contributed by atoms with E-state index in [0.29, 0.717) is 13.0 Å². The fraction of sp³-hybridized carbons (Fsp3) is 0.812. The number of hydrogen-bond donors (Lipinski definition) is 0. The molecule has 0 aromatic rings. The Morgan fingerprint density at radius 3 is 2.00 bits per heavy atom. The van der Waals surface area contributed by atoms with Crippen LogP contribution in [0, 0.1) is 11.8 Å². The molecule has 0 bridgehead atoms. The average molecular weight is 288 g/mol. The second-order valence-electron chi connectivity index (χ2n) is 5.11. The van der Waals surface area contributed by atoms with Crippen LogP contribution >= 0.6 is 0 Å². The highest BCUT2D eigenvalue weighted by atomic mass is 19.3. The molecule has 0 rings (SSSR count). The molecule has 0 radical (unpaired) electrons. The Kier molecular flexibility index (Phi) is 11.0. The summed E-state index contributed by atoms with van der Waals surface area (Å²) in [6.45, 7) is 2.77. The molecule has 0 aliphatic heterocycles. The molecule has 2 nitrogen and oxygen atoms in total. The Morgan fingerprint density at radius 2 is 1.50 bits per heavy atom. The van der Waals surface area contributed by atoms with Crippen LogP contribution in [0.3, 0.4) is 0 Å². The molecule has 0 aliphatic carbocycles. The Morgan fingerprint density at radius 1 is 1.00 bits per heavy atom. The van der Waals surface area contributed by atoms with Gasteiger partial charge in [0.15, 0.2) is 0 Å². The Bertz CT molecular complexity index is 311. The minimum absolute atomic E-state index is 0.214. The predicted octanol–water partition coefficient (Wildman–Crippen LogP) is 4.72. The summed E-state index contributed by atoms with van der Waals surface area (Å²) >= 11 is 0. The molecule has 0 atom stereocenters. The van der Waals surface area contributed by atoms with E-state index in [1.165, 1.54) is 19.8 Å². The number of esters is 1. The zero-order valence-electron chi connectivity index (χ0n) is 12.6. The van der Waals surface area contributed by atoms with Gasteiger partial charge in [-0.3, -0.25) is 4.79 Å². The van der Waals surface area contributed by atoms with Gasteiger partial charge in [-0.25, -0.2) is 0 Å². The van der Waals surface area contributed by atoms with Gasteiger partial charge in [0.2, 0.25) is 0 Å². The highest BCUT2D eigenvalue weighted by Gasteiger charge is 2.15. The number of halogens is 2. The lowest BCUT2D eigenvalue weighted by molar-refractivity contribution is -0.141. The monoisotopic (exact) mass is 288 g/mol. The Labute approximate surface area is 121 Å². The molecule has 116 valence electrons. The summed E-state index contributed by atoms with van der Waals surface area (Å²) in [6, 6.07) is 0. The highest BCUT2D eigenvalue weighted by Crippen LogP contribution is 2.11. The van der Waals surface area contributed by atoms with Crippen LogP contribution in [-0.2, 0) is 9.53 Å². The molecule has 0 saturated heterocycles. The van der Waals surface area contributed by atoms with Gasteiger partial charge in [-0.05, 0) is 18.8 Å². The van der Waals surface area contributed by atoms with E-state index in [1.54, 1.807) is 0 Å². The quantitative estimate of drug-likeness (QED) is 0.330. The van der Waals surface area contributed by atoms with Crippen LogP contribution in [0.2, 0.25) is 0 Å². The van der Waals surface area contributed by atoms with Crippen molar-refractivity contribution in [1.29, 1.82) is 0 Å². The van der Waals surface area contributed by atoms with Crippen molar-refractivity contribution in [2.75, 3.05) is 6.61 Å². The third-order valence-electron chi connectivity index (χ3n) is 2.81. The van der Waals surface area contributed by atoms with Crippen molar-refractivity contribution in [3.63, 3.8) is 0 Å². The van der Waals surface area contributed by atoms with E-state index in [-0.39, 0.29) is 5.97 Å². The zero-order chi connectivity index (χ0) is 15.3. The molecule has 0 heterocycles. The molecule has 20 heavy (non-hydrogen) atoms. The lowest BCUT2D eigenvalue weighted by atomic mass is 10.1. The van der Waals surface area contributed by atoms with E-state index in [1.807, 2.05) is 5.92 Å². The van der Waals surface area contributed by atoms with Crippen LogP contribution in [0.15, 0.2) is 0 Å². The van der Waals surface area contributed by atoms with Crippen molar-refractivity contribution in [2.24, 2.45) is 0 Å². The van der Waals surface area contributed by atoms with Gasteiger partial charge in [0.25, 0.3) is 0 Å². The minimum Gasteiger partial charge on any atom is -0.466 e. The molecular formula is C16H26F2O2. The molecule has 4 heteroatoms. The van der Waals surface area contributed by atoms with E-state index >= 15 is 0 Å². The van der Waals surface area contributed by atoms with Crippen LogP contribution in [0.4, 0.5) is 8.78 Å². The SMILES string of the molecule is CC(=O)OCCCCCCCCCCC#CC(C)(F)F. The Balaban J connectivity index is 3.17. The average Bonchev–Trinajstić information content (AvgIpc) is 2.33. The van der Waals surface area contributed by atoms with Gasteiger partial charge < -0.3 is 4.74 Å². The fourth-order valence-corrected chi connectivity index (χ4v) is 1.81. The minimum atomic E-state index is -2.86. The summed E-state index contributed by atoms with van der Waals surface area (Å²) in [7, 11) is 0. The number of carbonyl (C=O) groups excluding carboxylic acids is 1. The van der Waals surface area contributed by atoms with Crippen LogP contribution in [0.25, 0.3) is 0 Å². The van der Waals surface area contributed by atoms with Crippen molar-refractivity contribution in [3.05, 3.63) is 0 Å². The first kappa shape index (κ1) is 18.9. The van der Waals surface area contributed by atoms with Crippen molar-refractivity contribution < 1.29 is 18.3 Å². The summed E-state index contributed by atoms with van der Waals surface area (Å²) in [5.74, 6) is 1.39. The van der Waals surface area contributed by atoms with E-state index in [0.717, 1.165) is 45.4 Å². The Hall–Kier alpha value is -1.11. The number of hydrogen-bond acceptors (Lipinski definition) is 2. The predicted molar refractivity (Wildman–Crippen MR) is 76.6 cm³/mol. The van der Waals surface area contributed by atoms with Gasteiger partial charge in [-0.1, -0.05) is 44.4 Å². The maximum absolute atomic E-state index is 12.4. The van der Waals surface area contributed by atoms with Crippen molar-refractivity contribution in [2.45, 2.75) is 77.6 Å². The van der Waals surface area contributed by atoms with E-state index in [9.17, 15) is 13.6 Å². The number of unbranched alkanes of at least 4 members (excludes halogenated alkanes) is 8.